The van der Waals surface area contributed by atoms with Crippen LogP contribution in [0.15, 0.2) is 0 Å². The number of carbonyl (C=O) groups excluding carboxylic acids is 1. The highest BCUT2D eigenvalue weighted by molar-refractivity contribution is 6.32. The number of alkyl halides is 3. The number of amides is 1. The molecule has 1 aliphatic rings. The van der Waals surface area contributed by atoms with Crippen LogP contribution in [0.2, 0.25) is 5.02 Å². The van der Waals surface area contributed by atoms with E-state index in [0.29, 0.717) is 6.54 Å². The molecule has 0 radical (unpaired) electrons. The van der Waals surface area contributed by atoms with E-state index in [1.165, 1.54) is 6.92 Å². The molecule has 0 saturated carbocycles. The number of aromatic nitrogens is 2. The van der Waals surface area contributed by atoms with Crippen molar-refractivity contribution in [3.8, 4) is 0 Å². The first-order valence-electron chi connectivity index (χ1n) is 6.81. The van der Waals surface area contributed by atoms with Gasteiger partial charge in [-0.1, -0.05) is 11.6 Å². The fourth-order valence-electron chi connectivity index (χ4n) is 2.55. The van der Waals surface area contributed by atoms with Crippen molar-refractivity contribution in [1.29, 1.82) is 0 Å². The minimum atomic E-state index is -4.62. The molecule has 1 unspecified atom stereocenters. The van der Waals surface area contributed by atoms with Gasteiger partial charge in [0.1, 0.15) is 6.54 Å². The van der Waals surface area contributed by atoms with Gasteiger partial charge in [0.05, 0.1) is 10.7 Å². The number of nitrogens with zero attached hydrogens (tertiary/aromatic N) is 3. The number of carbonyl (C=O) groups is 1. The smallest absolute Gasteiger partial charge is 0.338 e. The van der Waals surface area contributed by atoms with Crippen LogP contribution in [0.25, 0.3) is 0 Å². The molecule has 2 heterocycles. The van der Waals surface area contributed by atoms with Gasteiger partial charge in [0.25, 0.3) is 0 Å². The molecule has 0 N–H and O–H groups in total. The zero-order valence-corrected chi connectivity index (χ0v) is 12.6. The molecule has 1 aliphatic heterocycles. The summed E-state index contributed by atoms with van der Waals surface area (Å²) in [6.45, 7) is 3.80. The fraction of sp³-hybridized carbons (Fsp3) is 0.692. The first kappa shape index (κ1) is 16.1. The standard InChI is InChI=1S/C13H17ClF3N3O/c1-8-5-3-4-6-19(8)10(21)7-20-9(2)11(14)12(18-20)13(15,16)17/h8H,3-7H2,1-2H3. The molecule has 0 bridgehead atoms. The zero-order chi connectivity index (χ0) is 15.8. The Morgan fingerprint density at radius 1 is 1.43 bits per heavy atom. The number of halogens is 4. The van der Waals surface area contributed by atoms with Crippen molar-refractivity contribution in [2.75, 3.05) is 6.54 Å². The summed E-state index contributed by atoms with van der Waals surface area (Å²) in [5, 5.41) is 3.01. The molecule has 0 aromatic carbocycles. The lowest BCUT2D eigenvalue weighted by Crippen LogP contribution is -2.43. The van der Waals surface area contributed by atoms with Crippen molar-refractivity contribution in [3.05, 3.63) is 16.4 Å². The highest BCUT2D eigenvalue weighted by Crippen LogP contribution is 2.35. The molecular formula is C13H17ClF3N3O. The minimum Gasteiger partial charge on any atom is -0.338 e. The average molecular weight is 324 g/mol. The fourth-order valence-corrected chi connectivity index (χ4v) is 2.79. The maximum Gasteiger partial charge on any atom is 0.436 e. The van der Waals surface area contributed by atoms with E-state index in [1.54, 1.807) is 4.90 Å². The summed E-state index contributed by atoms with van der Waals surface area (Å²) < 4.78 is 39.3. The Balaban J connectivity index is 2.18. The number of rotatable bonds is 2. The zero-order valence-electron chi connectivity index (χ0n) is 11.9. The van der Waals surface area contributed by atoms with Gasteiger partial charge in [-0.3, -0.25) is 9.48 Å². The van der Waals surface area contributed by atoms with E-state index in [4.69, 9.17) is 11.6 Å². The summed E-state index contributed by atoms with van der Waals surface area (Å²) in [6.07, 6.45) is -1.72. The molecule has 1 amide bonds. The van der Waals surface area contributed by atoms with Gasteiger partial charge in [-0.2, -0.15) is 18.3 Å². The quantitative estimate of drug-likeness (QED) is 0.838. The maximum absolute atomic E-state index is 12.7. The lowest BCUT2D eigenvalue weighted by atomic mass is 10.0. The molecule has 1 saturated heterocycles. The molecule has 0 aliphatic carbocycles. The molecule has 21 heavy (non-hydrogen) atoms. The predicted octanol–water partition coefficient (Wildman–Crippen LogP) is 3.26. The monoisotopic (exact) mass is 323 g/mol. The van der Waals surface area contributed by atoms with Gasteiger partial charge in [-0.25, -0.2) is 0 Å². The van der Waals surface area contributed by atoms with Crippen LogP contribution in [-0.2, 0) is 17.5 Å². The molecule has 0 spiro atoms. The van der Waals surface area contributed by atoms with Crippen molar-refractivity contribution in [2.45, 2.75) is 51.9 Å². The maximum atomic E-state index is 12.7. The van der Waals surface area contributed by atoms with Gasteiger partial charge in [0, 0.05) is 12.6 Å². The molecule has 4 nitrogen and oxygen atoms in total. The Morgan fingerprint density at radius 3 is 2.62 bits per heavy atom. The third kappa shape index (κ3) is 3.33. The van der Waals surface area contributed by atoms with Crippen LogP contribution in [0.4, 0.5) is 13.2 Å². The van der Waals surface area contributed by atoms with E-state index in [1.807, 2.05) is 6.92 Å². The van der Waals surface area contributed by atoms with Crippen molar-refractivity contribution >= 4 is 17.5 Å². The second kappa shape index (κ2) is 5.87. The highest BCUT2D eigenvalue weighted by atomic mass is 35.5. The summed E-state index contributed by atoms with van der Waals surface area (Å²) >= 11 is 5.67. The minimum absolute atomic E-state index is 0.111. The van der Waals surface area contributed by atoms with E-state index in [2.05, 4.69) is 5.10 Å². The average Bonchev–Trinajstić information content (AvgIpc) is 2.67. The SMILES string of the molecule is Cc1c(Cl)c(C(F)(F)F)nn1CC(=O)N1CCCCC1C. The van der Waals surface area contributed by atoms with E-state index < -0.39 is 16.9 Å². The van der Waals surface area contributed by atoms with Gasteiger partial charge < -0.3 is 4.90 Å². The van der Waals surface area contributed by atoms with Crippen LogP contribution < -0.4 is 0 Å². The van der Waals surface area contributed by atoms with Crippen LogP contribution in [0.1, 0.15) is 37.6 Å². The molecule has 2 rings (SSSR count). The topological polar surface area (TPSA) is 38.1 Å². The highest BCUT2D eigenvalue weighted by Gasteiger charge is 2.38. The van der Waals surface area contributed by atoms with Crippen molar-refractivity contribution in [3.63, 3.8) is 0 Å². The van der Waals surface area contributed by atoms with Crippen LogP contribution >= 0.6 is 11.6 Å². The summed E-state index contributed by atoms with van der Waals surface area (Å²) in [6, 6.07) is 0.111. The van der Waals surface area contributed by atoms with E-state index in [0.717, 1.165) is 23.9 Å². The third-order valence-electron chi connectivity index (χ3n) is 3.81. The molecular weight excluding hydrogens is 307 g/mol. The van der Waals surface area contributed by atoms with Gasteiger partial charge >= 0.3 is 6.18 Å². The first-order chi connectivity index (χ1) is 9.71. The summed E-state index contributed by atoms with van der Waals surface area (Å²) in [5.41, 5.74) is -0.983. The van der Waals surface area contributed by atoms with E-state index in [-0.39, 0.29) is 24.2 Å². The van der Waals surface area contributed by atoms with Crippen molar-refractivity contribution in [2.24, 2.45) is 0 Å². The normalized spacial score (nSPS) is 19.9. The molecule has 1 aromatic heterocycles. The van der Waals surface area contributed by atoms with E-state index >= 15 is 0 Å². The second-order valence-electron chi connectivity index (χ2n) is 5.34. The van der Waals surface area contributed by atoms with Crippen LogP contribution in [0.5, 0.6) is 0 Å². The van der Waals surface area contributed by atoms with Gasteiger partial charge in [-0.05, 0) is 33.1 Å². The van der Waals surface area contributed by atoms with Crippen molar-refractivity contribution < 1.29 is 18.0 Å². The number of hydrogen-bond donors (Lipinski definition) is 0. The number of likely N-dealkylation sites (tertiary alicyclic amines) is 1. The number of hydrogen-bond acceptors (Lipinski definition) is 2. The Bertz CT molecular complexity index is 541. The second-order valence-corrected chi connectivity index (χ2v) is 5.71. The summed E-state index contributed by atoms with van der Waals surface area (Å²) in [7, 11) is 0. The largest absolute Gasteiger partial charge is 0.436 e. The summed E-state index contributed by atoms with van der Waals surface area (Å²) in [5.74, 6) is -0.224. The first-order valence-corrected chi connectivity index (χ1v) is 7.19. The molecule has 1 aromatic rings. The Hall–Kier alpha value is -1.24. The van der Waals surface area contributed by atoms with Gasteiger partial charge in [0.2, 0.25) is 5.91 Å². The van der Waals surface area contributed by atoms with Crippen LogP contribution in [-0.4, -0.2) is 33.2 Å². The van der Waals surface area contributed by atoms with Gasteiger partial charge in [-0.15, -0.1) is 0 Å². The van der Waals surface area contributed by atoms with Crippen LogP contribution in [0, 0.1) is 6.92 Å². The molecule has 8 heteroatoms. The summed E-state index contributed by atoms with van der Waals surface area (Å²) in [4.78, 5) is 13.9. The molecule has 1 atom stereocenters. The molecule has 1 fully saturated rings. The Labute approximate surface area is 125 Å². The Morgan fingerprint density at radius 2 is 2.10 bits per heavy atom. The third-order valence-corrected chi connectivity index (χ3v) is 4.26. The predicted molar refractivity (Wildman–Crippen MR) is 72.0 cm³/mol. The lowest BCUT2D eigenvalue weighted by molar-refractivity contribution is -0.142. The van der Waals surface area contributed by atoms with E-state index in [9.17, 15) is 18.0 Å². The lowest BCUT2D eigenvalue weighted by Gasteiger charge is -2.33. The van der Waals surface area contributed by atoms with Crippen molar-refractivity contribution in [1.82, 2.24) is 14.7 Å². The molecule has 118 valence electrons. The van der Waals surface area contributed by atoms with Crippen LogP contribution in [0.3, 0.4) is 0 Å². The van der Waals surface area contributed by atoms with Gasteiger partial charge in [0.15, 0.2) is 5.69 Å². The number of piperidine rings is 1. The Kier molecular flexibility index (Phi) is 4.51.